The van der Waals surface area contributed by atoms with Crippen molar-refractivity contribution in [2.24, 2.45) is 35.3 Å². The summed E-state index contributed by atoms with van der Waals surface area (Å²) in [6.45, 7) is 0.653. The second kappa shape index (κ2) is 4.05. The summed E-state index contributed by atoms with van der Waals surface area (Å²) in [5, 5.41) is 0. The van der Waals surface area contributed by atoms with E-state index in [9.17, 15) is 9.59 Å². The lowest BCUT2D eigenvalue weighted by Crippen LogP contribution is -2.50. The Labute approximate surface area is 113 Å². The Morgan fingerprint density at radius 3 is 2.05 bits per heavy atom. The van der Waals surface area contributed by atoms with Gasteiger partial charge in [0.25, 0.3) is 0 Å². The second-order valence-electron chi connectivity index (χ2n) is 7.25. The molecule has 2 amide bonds. The molecule has 1 unspecified atom stereocenters. The predicted molar refractivity (Wildman–Crippen MR) is 69.8 cm³/mol. The fourth-order valence-electron chi connectivity index (χ4n) is 5.45. The quantitative estimate of drug-likeness (QED) is 0.759. The molecule has 1 saturated heterocycles. The summed E-state index contributed by atoms with van der Waals surface area (Å²) in [4.78, 5) is 25.3. The molecular weight excluding hydrogens is 240 g/mol. The van der Waals surface area contributed by atoms with Crippen LogP contribution in [0.15, 0.2) is 0 Å². The molecule has 4 aliphatic carbocycles. The summed E-state index contributed by atoms with van der Waals surface area (Å²) in [7, 11) is 0. The smallest absolute Gasteiger partial charge is 0.246 e. The number of likely N-dealkylation sites (tertiary alicyclic amines) is 1. The Balaban J connectivity index is 1.51. The fraction of sp³-hybridized carbons (Fsp3) is 0.867. The number of carbonyl (C=O) groups excluding carboxylic acids is 2. The van der Waals surface area contributed by atoms with Gasteiger partial charge in [-0.1, -0.05) is 0 Å². The van der Waals surface area contributed by atoms with Crippen LogP contribution in [0.2, 0.25) is 0 Å². The lowest BCUT2D eigenvalue weighted by Gasteiger charge is -2.55. The summed E-state index contributed by atoms with van der Waals surface area (Å²) in [5.41, 5.74) is 5.70. The van der Waals surface area contributed by atoms with Crippen molar-refractivity contribution in [2.75, 3.05) is 6.54 Å². The number of nitrogens with two attached hydrogens (primary N) is 1. The van der Waals surface area contributed by atoms with Crippen molar-refractivity contribution in [1.29, 1.82) is 0 Å². The first kappa shape index (κ1) is 11.9. The molecule has 4 bridgehead atoms. The van der Waals surface area contributed by atoms with Gasteiger partial charge in [0, 0.05) is 6.54 Å². The topological polar surface area (TPSA) is 63.4 Å². The summed E-state index contributed by atoms with van der Waals surface area (Å²) < 4.78 is 0. The van der Waals surface area contributed by atoms with Crippen LogP contribution in [0.4, 0.5) is 0 Å². The molecule has 104 valence electrons. The molecular formula is C15H22N2O2. The third kappa shape index (κ3) is 1.76. The molecule has 0 aromatic heterocycles. The molecule has 4 heteroatoms. The van der Waals surface area contributed by atoms with Crippen molar-refractivity contribution in [3.63, 3.8) is 0 Å². The molecule has 1 atom stereocenters. The predicted octanol–water partition coefficient (Wildman–Crippen LogP) is 1.14. The maximum atomic E-state index is 12.0. The van der Waals surface area contributed by atoms with Gasteiger partial charge < -0.3 is 5.73 Å². The van der Waals surface area contributed by atoms with Crippen LogP contribution < -0.4 is 5.73 Å². The molecule has 1 heterocycles. The van der Waals surface area contributed by atoms with Crippen LogP contribution in [0.5, 0.6) is 0 Å². The third-order valence-corrected chi connectivity index (χ3v) is 6.09. The summed E-state index contributed by atoms with van der Waals surface area (Å²) >= 11 is 0. The van der Waals surface area contributed by atoms with E-state index in [2.05, 4.69) is 0 Å². The molecule has 4 saturated carbocycles. The largest absolute Gasteiger partial charge is 0.319 e. The van der Waals surface area contributed by atoms with Crippen molar-refractivity contribution in [3.05, 3.63) is 0 Å². The number of hydrogen-bond acceptors (Lipinski definition) is 3. The van der Waals surface area contributed by atoms with Gasteiger partial charge in [-0.3, -0.25) is 14.5 Å². The number of hydrogen-bond donors (Lipinski definition) is 1. The molecule has 5 rings (SSSR count). The standard InChI is InChI=1S/C15H22N2O2/c16-13-6-14(18)17(15(13)19)7-12-10-2-8-1-9(4-10)5-11(12)3-8/h8-13H,1-7,16H2. The van der Waals surface area contributed by atoms with E-state index in [0.717, 1.165) is 23.7 Å². The highest BCUT2D eigenvalue weighted by molar-refractivity contribution is 6.05. The number of rotatable bonds is 2. The second-order valence-corrected chi connectivity index (χ2v) is 7.25. The molecule has 0 aromatic rings. The van der Waals surface area contributed by atoms with Gasteiger partial charge in [-0.2, -0.15) is 0 Å². The van der Waals surface area contributed by atoms with E-state index in [1.807, 2.05) is 0 Å². The molecule has 4 nitrogen and oxygen atoms in total. The first-order chi connectivity index (χ1) is 9.11. The number of imide groups is 1. The van der Waals surface area contributed by atoms with E-state index in [1.54, 1.807) is 0 Å². The monoisotopic (exact) mass is 262 g/mol. The number of amides is 2. The van der Waals surface area contributed by atoms with Crippen LogP contribution in [0.3, 0.4) is 0 Å². The minimum atomic E-state index is -0.579. The number of nitrogens with zero attached hydrogens (tertiary/aromatic N) is 1. The summed E-state index contributed by atoms with van der Waals surface area (Å²) in [6, 6.07) is -0.579. The zero-order valence-electron chi connectivity index (χ0n) is 11.3. The average Bonchev–Trinajstić information content (AvgIpc) is 2.58. The number of carbonyl (C=O) groups is 2. The Kier molecular flexibility index (Phi) is 2.53. The van der Waals surface area contributed by atoms with E-state index in [-0.39, 0.29) is 18.2 Å². The molecule has 19 heavy (non-hydrogen) atoms. The van der Waals surface area contributed by atoms with Crippen molar-refractivity contribution < 1.29 is 9.59 Å². The Hall–Kier alpha value is -0.900. The van der Waals surface area contributed by atoms with E-state index < -0.39 is 6.04 Å². The Morgan fingerprint density at radius 2 is 1.58 bits per heavy atom. The van der Waals surface area contributed by atoms with Crippen LogP contribution in [0.25, 0.3) is 0 Å². The van der Waals surface area contributed by atoms with Crippen LogP contribution in [0, 0.1) is 29.6 Å². The van der Waals surface area contributed by atoms with Gasteiger partial charge in [0.05, 0.1) is 12.5 Å². The van der Waals surface area contributed by atoms with Crippen molar-refractivity contribution in [1.82, 2.24) is 4.90 Å². The molecule has 2 N–H and O–H groups in total. The third-order valence-electron chi connectivity index (χ3n) is 6.09. The van der Waals surface area contributed by atoms with Gasteiger partial charge in [-0.05, 0) is 61.7 Å². The first-order valence-electron chi connectivity index (χ1n) is 7.71. The maximum absolute atomic E-state index is 12.0. The van der Waals surface area contributed by atoms with Gasteiger partial charge in [0.2, 0.25) is 11.8 Å². The van der Waals surface area contributed by atoms with Crippen LogP contribution in [-0.4, -0.2) is 29.3 Å². The average molecular weight is 262 g/mol. The van der Waals surface area contributed by atoms with E-state index in [0.29, 0.717) is 12.5 Å². The van der Waals surface area contributed by atoms with E-state index in [1.165, 1.54) is 37.0 Å². The van der Waals surface area contributed by atoms with Gasteiger partial charge >= 0.3 is 0 Å². The van der Waals surface area contributed by atoms with Crippen molar-refractivity contribution in [2.45, 2.75) is 44.6 Å². The SMILES string of the molecule is NC1CC(=O)N(CC2C3CC4CC(C3)CC2C4)C1=O. The fourth-order valence-corrected chi connectivity index (χ4v) is 5.45. The van der Waals surface area contributed by atoms with Crippen LogP contribution >= 0.6 is 0 Å². The summed E-state index contributed by atoms with van der Waals surface area (Å²) in [5.74, 6) is 3.76. The molecule has 0 aromatic carbocycles. The highest BCUT2D eigenvalue weighted by Crippen LogP contribution is 2.56. The minimum absolute atomic E-state index is 0.0497. The molecule has 0 radical (unpaired) electrons. The molecule has 5 aliphatic rings. The molecule has 1 aliphatic heterocycles. The van der Waals surface area contributed by atoms with Crippen molar-refractivity contribution in [3.8, 4) is 0 Å². The highest BCUT2D eigenvalue weighted by Gasteiger charge is 2.50. The molecule has 5 fully saturated rings. The van der Waals surface area contributed by atoms with Crippen LogP contribution in [0.1, 0.15) is 38.5 Å². The van der Waals surface area contributed by atoms with Crippen LogP contribution in [-0.2, 0) is 9.59 Å². The summed E-state index contributed by atoms with van der Waals surface area (Å²) in [6.07, 6.45) is 6.98. The van der Waals surface area contributed by atoms with Gasteiger partial charge in [-0.15, -0.1) is 0 Å². The van der Waals surface area contributed by atoms with Gasteiger partial charge in [-0.25, -0.2) is 0 Å². The lowest BCUT2D eigenvalue weighted by molar-refractivity contribution is -0.142. The minimum Gasteiger partial charge on any atom is -0.319 e. The van der Waals surface area contributed by atoms with E-state index >= 15 is 0 Å². The Bertz CT molecular complexity index is 406. The lowest BCUT2D eigenvalue weighted by atomic mass is 9.52. The van der Waals surface area contributed by atoms with Gasteiger partial charge in [0.15, 0.2) is 0 Å². The Morgan fingerprint density at radius 1 is 1.00 bits per heavy atom. The van der Waals surface area contributed by atoms with E-state index in [4.69, 9.17) is 5.73 Å². The van der Waals surface area contributed by atoms with Crippen molar-refractivity contribution >= 4 is 11.8 Å². The normalized spacial score (nSPS) is 48.4. The maximum Gasteiger partial charge on any atom is 0.246 e. The van der Waals surface area contributed by atoms with Gasteiger partial charge in [0.1, 0.15) is 0 Å². The zero-order chi connectivity index (χ0) is 13.1. The highest BCUT2D eigenvalue weighted by atomic mass is 16.2. The molecule has 0 spiro atoms. The zero-order valence-corrected chi connectivity index (χ0v) is 11.3. The first-order valence-corrected chi connectivity index (χ1v) is 7.71.